The molecule has 5 nitrogen and oxygen atoms in total. The fraction of sp³-hybridized carbons (Fsp3) is 0.354. The maximum absolute atomic E-state index is 6.92. The topological polar surface area (TPSA) is 33.1 Å². The molecule has 9 rings (SSSR count). The number of fused-ring (bicyclic) bond motifs is 4. The van der Waals surface area contributed by atoms with Crippen LogP contribution in [0.25, 0.3) is 38.8 Å². The summed E-state index contributed by atoms with van der Waals surface area (Å²) >= 11 is 0. The average molecular weight is 957 g/mol. The fourth-order valence-corrected chi connectivity index (χ4v) is 11.3. The standard InChI is InChI=1S/C65H76N4OSi/c1-61(2,3)44-29-30-66-59(38-44)69-55-28-25-42(43-31-45(62(4,5)6)34-46(32-43)63(7,8)9)33-54(55)53-27-26-52(40-57(53)69)70-51-22-19-21-49(39-51)67-41-68(60-56(67)23-20-24-58(60)71(16,17)18)50-36-47(64(10,11)12)35-48(37-50)65(13,14)15/h19-40H,1-18H3/q+2. The van der Waals surface area contributed by atoms with Gasteiger partial charge in [-0.15, -0.1) is 0 Å². The van der Waals surface area contributed by atoms with E-state index in [0.29, 0.717) is 0 Å². The van der Waals surface area contributed by atoms with Crippen LogP contribution in [-0.2, 0) is 27.1 Å². The van der Waals surface area contributed by atoms with Crippen molar-refractivity contribution in [2.45, 2.75) is 151 Å². The van der Waals surface area contributed by atoms with E-state index in [-0.39, 0.29) is 27.1 Å². The Balaban J connectivity index is 1.19. The predicted molar refractivity (Wildman–Crippen MR) is 308 cm³/mol. The zero-order chi connectivity index (χ0) is 51.4. The quantitative estimate of drug-likeness (QED) is 0.118. The summed E-state index contributed by atoms with van der Waals surface area (Å²) in [5.41, 5.74) is 15.5. The lowest BCUT2D eigenvalue weighted by molar-refractivity contribution is 0.483. The van der Waals surface area contributed by atoms with Gasteiger partial charge in [-0.2, -0.15) is 0 Å². The molecular formula is C65H76N4OSi+2. The summed E-state index contributed by atoms with van der Waals surface area (Å²) < 4.78 is 13.8. The van der Waals surface area contributed by atoms with Crippen molar-refractivity contribution in [1.82, 2.24) is 18.7 Å². The van der Waals surface area contributed by atoms with Crippen molar-refractivity contribution in [3.63, 3.8) is 0 Å². The van der Waals surface area contributed by atoms with E-state index in [0.717, 1.165) is 50.8 Å². The second kappa shape index (κ2) is 17.2. The van der Waals surface area contributed by atoms with Gasteiger partial charge in [0.15, 0.2) is 0 Å². The molecule has 0 fully saturated rings. The van der Waals surface area contributed by atoms with Crippen LogP contribution >= 0.6 is 0 Å². The molecule has 0 saturated heterocycles. The lowest BCUT2D eigenvalue weighted by atomic mass is 9.79. The van der Waals surface area contributed by atoms with Gasteiger partial charge in [0.2, 0.25) is 11.4 Å². The third-order valence-corrected chi connectivity index (χ3v) is 16.3. The van der Waals surface area contributed by atoms with Crippen LogP contribution in [0.15, 0.2) is 134 Å². The average Bonchev–Trinajstić information content (AvgIpc) is 3.83. The first kappa shape index (κ1) is 49.6. The highest BCUT2D eigenvalue weighted by Crippen LogP contribution is 2.43. The van der Waals surface area contributed by atoms with Crippen molar-refractivity contribution in [3.05, 3.63) is 161 Å². The highest BCUT2D eigenvalue weighted by atomic mass is 28.3. The maximum atomic E-state index is 6.92. The van der Waals surface area contributed by atoms with Crippen LogP contribution in [0.4, 0.5) is 22.7 Å². The Kier molecular flexibility index (Phi) is 12.0. The number of hydrogen-bond acceptors (Lipinski definition) is 2. The SMILES string of the molecule is CC(C)(C)c1cc(-c2ccc3c(c2)c2ccc(Oc4cccc([N+]5=C=[N+](c6cc(C(C)(C)C)cc(C(C)(C)C)c6)c6c5cccc6[Si](C)(C)C)c4)cc2n3-c2cc(C(C)(C)C)ccn2)cc(C(C)(C)C)c1. The molecule has 1 aliphatic heterocycles. The largest absolute Gasteiger partial charge is 0.503 e. The Morgan fingerprint density at radius 1 is 0.465 bits per heavy atom. The third-order valence-electron chi connectivity index (χ3n) is 14.3. The van der Waals surface area contributed by atoms with Gasteiger partial charge in [0.05, 0.1) is 25.2 Å². The van der Waals surface area contributed by atoms with E-state index in [2.05, 4.69) is 271 Å². The van der Waals surface area contributed by atoms with Gasteiger partial charge in [0.25, 0.3) is 11.4 Å². The number of rotatable bonds is 7. The van der Waals surface area contributed by atoms with Crippen LogP contribution in [0, 0.1) is 0 Å². The molecule has 6 aromatic carbocycles. The molecule has 6 heteroatoms. The normalized spacial score (nSPS) is 13.7. The molecule has 0 N–H and O–H groups in total. The van der Waals surface area contributed by atoms with Crippen LogP contribution in [0.2, 0.25) is 19.6 Å². The summed E-state index contributed by atoms with van der Waals surface area (Å²) in [6.07, 6.45) is 1.95. The first-order chi connectivity index (χ1) is 32.9. The van der Waals surface area contributed by atoms with Gasteiger partial charge in [0.1, 0.15) is 17.3 Å². The van der Waals surface area contributed by atoms with Crippen molar-refractivity contribution in [1.29, 1.82) is 0 Å². The van der Waals surface area contributed by atoms with Gasteiger partial charge in [-0.1, -0.05) is 172 Å². The fourth-order valence-electron chi connectivity index (χ4n) is 9.73. The molecule has 364 valence electrons. The van der Waals surface area contributed by atoms with Gasteiger partial charge in [-0.25, -0.2) is 4.98 Å². The monoisotopic (exact) mass is 957 g/mol. The van der Waals surface area contributed by atoms with E-state index < -0.39 is 8.07 Å². The molecule has 0 radical (unpaired) electrons. The molecule has 0 unspecified atom stereocenters. The highest BCUT2D eigenvalue weighted by molar-refractivity contribution is 6.89. The van der Waals surface area contributed by atoms with Crippen molar-refractivity contribution in [3.8, 4) is 28.4 Å². The van der Waals surface area contributed by atoms with Gasteiger partial charge in [0, 0.05) is 52.5 Å². The molecule has 71 heavy (non-hydrogen) atoms. The Morgan fingerprint density at radius 3 is 1.63 bits per heavy atom. The van der Waals surface area contributed by atoms with Crippen molar-refractivity contribution >= 4 is 63.8 Å². The summed E-state index contributed by atoms with van der Waals surface area (Å²) in [4.78, 5) is 5.03. The van der Waals surface area contributed by atoms with E-state index >= 15 is 0 Å². The van der Waals surface area contributed by atoms with E-state index in [1.807, 2.05) is 6.20 Å². The summed E-state index contributed by atoms with van der Waals surface area (Å²) in [7, 11) is -1.81. The minimum atomic E-state index is -1.81. The molecule has 0 saturated carbocycles. The number of benzene rings is 6. The Morgan fingerprint density at radius 2 is 1.04 bits per heavy atom. The minimum absolute atomic E-state index is 0.0118. The lowest BCUT2D eigenvalue weighted by Crippen LogP contribution is -2.39. The van der Waals surface area contributed by atoms with Gasteiger partial charge >= 0.3 is 6.01 Å². The minimum Gasteiger partial charge on any atom is -0.457 e. The molecular weight excluding hydrogens is 881 g/mol. The second-order valence-electron chi connectivity index (χ2n) is 26.3. The summed E-state index contributed by atoms with van der Waals surface area (Å²) in [5, 5.41) is 3.73. The number of aromatic nitrogens is 2. The van der Waals surface area contributed by atoms with Crippen molar-refractivity contribution in [2.24, 2.45) is 0 Å². The van der Waals surface area contributed by atoms with Gasteiger partial charge in [-0.05, 0) is 118 Å². The third kappa shape index (κ3) is 9.74. The van der Waals surface area contributed by atoms with E-state index in [1.165, 1.54) is 55.2 Å². The van der Waals surface area contributed by atoms with E-state index in [1.54, 1.807) is 0 Å². The molecule has 0 atom stereocenters. The first-order valence-electron chi connectivity index (χ1n) is 25.6. The van der Waals surface area contributed by atoms with Crippen LogP contribution < -0.4 is 19.1 Å². The summed E-state index contributed by atoms with van der Waals surface area (Å²) in [6, 6.07) is 51.3. The van der Waals surface area contributed by atoms with Crippen molar-refractivity contribution in [2.75, 3.05) is 0 Å². The van der Waals surface area contributed by atoms with Gasteiger partial charge in [-0.3, -0.25) is 4.57 Å². The zero-order valence-corrected chi connectivity index (χ0v) is 46.9. The van der Waals surface area contributed by atoms with Crippen molar-refractivity contribution < 1.29 is 4.74 Å². The molecule has 0 aliphatic carbocycles. The maximum Gasteiger partial charge on any atom is 0.503 e. The Bertz CT molecular complexity index is 3420. The van der Waals surface area contributed by atoms with Crippen LogP contribution in [-0.4, -0.2) is 23.6 Å². The van der Waals surface area contributed by atoms with E-state index in [4.69, 9.17) is 9.72 Å². The molecule has 1 aliphatic rings. The Hall–Kier alpha value is -6.33. The molecule has 0 bridgehead atoms. The first-order valence-corrected chi connectivity index (χ1v) is 29.1. The summed E-state index contributed by atoms with van der Waals surface area (Å²) in [6.45, 7) is 41.7. The molecule has 0 amide bonds. The van der Waals surface area contributed by atoms with Crippen LogP contribution in [0.1, 0.15) is 132 Å². The number of nitrogens with zero attached hydrogens (tertiary/aromatic N) is 4. The smallest absolute Gasteiger partial charge is 0.457 e. The molecule has 0 spiro atoms. The second-order valence-corrected chi connectivity index (χ2v) is 31.3. The molecule has 2 aromatic heterocycles. The van der Waals surface area contributed by atoms with Crippen LogP contribution in [0.3, 0.4) is 0 Å². The number of hydrogen-bond donors (Lipinski definition) is 0. The summed E-state index contributed by atoms with van der Waals surface area (Å²) in [5.74, 6) is 2.39. The number of pyridine rings is 1. The van der Waals surface area contributed by atoms with E-state index in [9.17, 15) is 0 Å². The van der Waals surface area contributed by atoms with Gasteiger partial charge < -0.3 is 4.74 Å². The molecule has 8 aromatic rings. The number of ether oxygens (including phenoxy) is 1. The lowest BCUT2D eigenvalue weighted by Gasteiger charge is -2.26. The highest BCUT2D eigenvalue weighted by Gasteiger charge is 2.43. The predicted octanol–water partition coefficient (Wildman–Crippen LogP) is 17.5. The zero-order valence-electron chi connectivity index (χ0n) is 45.9. The van der Waals surface area contributed by atoms with Crippen LogP contribution in [0.5, 0.6) is 11.5 Å². The Labute approximate surface area is 425 Å². The number of para-hydroxylation sites is 1. The molecule has 3 heterocycles.